The van der Waals surface area contributed by atoms with Crippen molar-refractivity contribution in [3.05, 3.63) is 34.4 Å². The molecule has 0 aliphatic heterocycles. The van der Waals surface area contributed by atoms with Crippen molar-refractivity contribution < 1.29 is 9.59 Å². The van der Waals surface area contributed by atoms with E-state index in [0.717, 1.165) is 11.1 Å². The fourth-order valence-electron chi connectivity index (χ4n) is 1.62. The van der Waals surface area contributed by atoms with E-state index in [0.29, 0.717) is 11.1 Å². The molecule has 2 rings (SSSR count). The lowest BCUT2D eigenvalue weighted by atomic mass is 10.0. The molecule has 0 N–H and O–H groups in total. The predicted octanol–water partition coefficient (Wildman–Crippen LogP) is 2.45. The number of benzene rings is 1. The topological polar surface area (TPSA) is 34.1 Å². The third-order valence-corrected chi connectivity index (χ3v) is 3.46. The highest BCUT2D eigenvalue weighted by Gasteiger charge is 2.36. The first-order valence-electron chi connectivity index (χ1n) is 4.36. The third kappa shape index (κ3) is 1.16. The highest BCUT2D eigenvalue weighted by atomic mass is 79.9. The first-order valence-corrected chi connectivity index (χ1v) is 5.27. The van der Waals surface area contributed by atoms with Crippen LogP contribution < -0.4 is 0 Å². The minimum Gasteiger partial charge on any atom is -0.292 e. The lowest BCUT2D eigenvalue weighted by Crippen LogP contribution is -2.13. The van der Waals surface area contributed by atoms with Crippen LogP contribution in [0.4, 0.5) is 0 Å². The van der Waals surface area contributed by atoms with Crippen LogP contribution in [0.25, 0.3) is 0 Å². The van der Waals surface area contributed by atoms with Gasteiger partial charge in [0.05, 0.1) is 0 Å². The zero-order valence-corrected chi connectivity index (χ0v) is 9.51. The van der Waals surface area contributed by atoms with Gasteiger partial charge in [-0.3, -0.25) is 9.59 Å². The summed E-state index contributed by atoms with van der Waals surface area (Å²) >= 11 is 3.10. The van der Waals surface area contributed by atoms with Crippen molar-refractivity contribution in [2.75, 3.05) is 0 Å². The molecule has 2 nitrogen and oxygen atoms in total. The Balaban J connectivity index is 2.71. The Hall–Kier alpha value is -0.960. The van der Waals surface area contributed by atoms with Crippen molar-refractivity contribution in [1.82, 2.24) is 0 Å². The molecular weight excluding hydrogens is 244 g/mol. The van der Waals surface area contributed by atoms with E-state index >= 15 is 0 Å². The minimum absolute atomic E-state index is 0.117. The molecule has 1 aliphatic rings. The number of hydrogen-bond donors (Lipinski definition) is 0. The maximum absolute atomic E-state index is 11.6. The molecule has 72 valence electrons. The minimum atomic E-state index is -0.668. The van der Waals surface area contributed by atoms with Gasteiger partial charge in [-0.2, -0.15) is 0 Å². The maximum Gasteiger partial charge on any atom is 0.185 e. The molecule has 14 heavy (non-hydrogen) atoms. The summed E-state index contributed by atoms with van der Waals surface area (Å²) in [6.07, 6.45) is 0. The van der Waals surface area contributed by atoms with Crippen LogP contribution in [0.5, 0.6) is 0 Å². The molecule has 1 aliphatic carbocycles. The molecule has 0 amide bonds. The average Bonchev–Trinajstić information content (AvgIpc) is 2.34. The number of halogens is 1. The fraction of sp³-hybridized carbons (Fsp3) is 0.273. The Morgan fingerprint density at radius 3 is 1.71 bits per heavy atom. The van der Waals surface area contributed by atoms with Crippen LogP contribution in [-0.2, 0) is 0 Å². The lowest BCUT2D eigenvalue weighted by Gasteiger charge is -2.02. The molecule has 0 fully saturated rings. The summed E-state index contributed by atoms with van der Waals surface area (Å²) in [5.74, 6) is -0.235. The van der Waals surface area contributed by atoms with Crippen LogP contribution in [0.3, 0.4) is 0 Å². The molecule has 0 unspecified atom stereocenters. The van der Waals surface area contributed by atoms with Crippen LogP contribution in [0.2, 0.25) is 0 Å². The summed E-state index contributed by atoms with van der Waals surface area (Å²) in [6.45, 7) is 3.88. The maximum atomic E-state index is 11.6. The zero-order valence-electron chi connectivity index (χ0n) is 7.93. The molecule has 3 heteroatoms. The molecule has 0 atom stereocenters. The van der Waals surface area contributed by atoms with Gasteiger partial charge in [-0.25, -0.2) is 0 Å². The number of hydrogen-bond acceptors (Lipinski definition) is 2. The Morgan fingerprint density at radius 2 is 1.36 bits per heavy atom. The van der Waals surface area contributed by atoms with Crippen molar-refractivity contribution in [3.8, 4) is 0 Å². The number of aryl methyl sites for hydroxylation is 2. The number of Topliss-reactive ketones (excluding diaryl/α,β-unsaturated/α-hetero) is 2. The first-order chi connectivity index (χ1) is 6.52. The summed E-state index contributed by atoms with van der Waals surface area (Å²) in [5, 5.41) is 0. The van der Waals surface area contributed by atoms with Gasteiger partial charge in [-0.15, -0.1) is 0 Å². The van der Waals surface area contributed by atoms with E-state index in [1.807, 2.05) is 13.8 Å². The lowest BCUT2D eigenvalue weighted by molar-refractivity contribution is 0.0934. The van der Waals surface area contributed by atoms with E-state index < -0.39 is 4.83 Å². The van der Waals surface area contributed by atoms with Crippen molar-refractivity contribution in [3.63, 3.8) is 0 Å². The third-order valence-electron chi connectivity index (χ3n) is 2.63. The summed E-state index contributed by atoms with van der Waals surface area (Å²) in [6, 6.07) is 3.60. The van der Waals surface area contributed by atoms with Gasteiger partial charge in [0.2, 0.25) is 0 Å². The van der Waals surface area contributed by atoms with Crippen molar-refractivity contribution in [2.24, 2.45) is 0 Å². The molecule has 1 aromatic rings. The zero-order chi connectivity index (χ0) is 10.5. The van der Waals surface area contributed by atoms with E-state index in [2.05, 4.69) is 15.9 Å². The van der Waals surface area contributed by atoms with E-state index in [9.17, 15) is 9.59 Å². The molecular formula is C11H9BrO2. The van der Waals surface area contributed by atoms with Gasteiger partial charge in [0.25, 0.3) is 0 Å². The Bertz CT molecular complexity index is 408. The molecule has 0 saturated carbocycles. The van der Waals surface area contributed by atoms with Gasteiger partial charge < -0.3 is 0 Å². The van der Waals surface area contributed by atoms with E-state index in [4.69, 9.17) is 0 Å². The number of ketones is 2. The summed E-state index contributed by atoms with van der Waals surface area (Å²) in [5.41, 5.74) is 3.21. The van der Waals surface area contributed by atoms with E-state index in [-0.39, 0.29) is 11.6 Å². The smallest absolute Gasteiger partial charge is 0.185 e. The number of carbonyl (C=O) groups is 2. The Kier molecular flexibility index (Phi) is 2.07. The van der Waals surface area contributed by atoms with Gasteiger partial charge in [-0.1, -0.05) is 15.9 Å². The number of alkyl halides is 1. The Labute approximate surface area is 90.4 Å². The van der Waals surface area contributed by atoms with Gasteiger partial charge in [0.15, 0.2) is 11.6 Å². The molecule has 0 bridgehead atoms. The second-order valence-electron chi connectivity index (χ2n) is 3.57. The summed E-state index contributed by atoms with van der Waals surface area (Å²) in [4.78, 5) is 22.5. The first kappa shape index (κ1) is 9.59. The molecule has 0 heterocycles. The van der Waals surface area contributed by atoms with E-state index in [1.165, 1.54) is 0 Å². The number of carbonyl (C=O) groups excluding carboxylic acids is 2. The average molecular weight is 253 g/mol. The summed E-state index contributed by atoms with van der Waals surface area (Å²) < 4.78 is 0. The second-order valence-corrected chi connectivity index (χ2v) is 4.49. The fourth-order valence-corrected chi connectivity index (χ4v) is 2.11. The highest BCUT2D eigenvalue weighted by Crippen LogP contribution is 2.29. The second kappa shape index (κ2) is 3.02. The van der Waals surface area contributed by atoms with Crippen LogP contribution in [-0.4, -0.2) is 16.4 Å². The Morgan fingerprint density at radius 1 is 1.00 bits per heavy atom. The van der Waals surface area contributed by atoms with Crippen LogP contribution >= 0.6 is 15.9 Å². The van der Waals surface area contributed by atoms with Gasteiger partial charge >= 0.3 is 0 Å². The normalized spacial score (nSPS) is 16.2. The van der Waals surface area contributed by atoms with Gasteiger partial charge in [0.1, 0.15) is 4.83 Å². The van der Waals surface area contributed by atoms with Crippen LogP contribution in [0, 0.1) is 13.8 Å². The van der Waals surface area contributed by atoms with Crippen molar-refractivity contribution in [1.29, 1.82) is 0 Å². The van der Waals surface area contributed by atoms with Gasteiger partial charge in [-0.05, 0) is 37.1 Å². The SMILES string of the molecule is Cc1cc2c(cc1C)C(=O)C(Br)C2=O. The quantitative estimate of drug-likeness (QED) is 0.525. The van der Waals surface area contributed by atoms with Gasteiger partial charge in [0, 0.05) is 11.1 Å². The van der Waals surface area contributed by atoms with Crippen LogP contribution in [0.1, 0.15) is 31.8 Å². The van der Waals surface area contributed by atoms with Crippen LogP contribution in [0.15, 0.2) is 12.1 Å². The van der Waals surface area contributed by atoms with Crippen molar-refractivity contribution in [2.45, 2.75) is 18.7 Å². The molecule has 0 spiro atoms. The largest absolute Gasteiger partial charge is 0.292 e. The molecule has 1 aromatic carbocycles. The predicted molar refractivity (Wildman–Crippen MR) is 57.3 cm³/mol. The van der Waals surface area contributed by atoms with Crippen molar-refractivity contribution >= 4 is 27.5 Å². The number of rotatable bonds is 0. The monoisotopic (exact) mass is 252 g/mol. The number of fused-ring (bicyclic) bond motifs is 1. The summed E-state index contributed by atoms with van der Waals surface area (Å²) in [7, 11) is 0. The van der Waals surface area contributed by atoms with E-state index in [1.54, 1.807) is 12.1 Å². The molecule has 0 aromatic heterocycles. The molecule has 0 saturated heterocycles. The standard InChI is InChI=1S/C11H9BrO2/c1-5-3-7-8(4-6(5)2)11(14)9(12)10(7)13/h3-4,9H,1-2H3. The molecule has 0 radical (unpaired) electrons. The highest BCUT2D eigenvalue weighted by molar-refractivity contribution is 9.10.